The van der Waals surface area contributed by atoms with Gasteiger partial charge in [-0.3, -0.25) is 4.79 Å². The molecule has 0 aromatic heterocycles. The molecule has 0 aromatic rings. The van der Waals surface area contributed by atoms with Gasteiger partial charge in [0, 0.05) is 12.5 Å². The van der Waals surface area contributed by atoms with Gasteiger partial charge in [0.15, 0.2) is 0 Å². The van der Waals surface area contributed by atoms with Crippen LogP contribution in [0.4, 0.5) is 0 Å². The van der Waals surface area contributed by atoms with Crippen LogP contribution in [0, 0.1) is 11.8 Å². The van der Waals surface area contributed by atoms with Gasteiger partial charge in [-0.1, -0.05) is 19.8 Å². The molecule has 2 fully saturated rings. The van der Waals surface area contributed by atoms with Gasteiger partial charge in [0.25, 0.3) is 0 Å². The summed E-state index contributed by atoms with van der Waals surface area (Å²) in [6.07, 6.45) is 7.43. The van der Waals surface area contributed by atoms with Crippen molar-refractivity contribution in [3.05, 3.63) is 0 Å². The van der Waals surface area contributed by atoms with Crippen molar-refractivity contribution in [3.8, 4) is 0 Å². The van der Waals surface area contributed by atoms with Crippen molar-refractivity contribution < 1.29 is 9.53 Å². The molecule has 2 aliphatic rings. The molecular formula is C15H28N2O2. The number of amides is 1. The smallest absolute Gasteiger partial charge is 0.223 e. The standard InChI is InChI=1S/C15H28N2O2/c1-12-4-2-3-5-14(12)19-11-10-17-15(18)13-6-8-16-9-7-13/h12-14,16H,2-11H2,1H3,(H,17,18). The quantitative estimate of drug-likeness (QED) is 0.746. The summed E-state index contributed by atoms with van der Waals surface area (Å²) in [5, 5.41) is 6.30. The van der Waals surface area contributed by atoms with E-state index in [9.17, 15) is 4.79 Å². The van der Waals surface area contributed by atoms with Gasteiger partial charge in [-0.25, -0.2) is 0 Å². The third-order valence-electron chi connectivity index (χ3n) is 4.48. The maximum absolute atomic E-state index is 11.9. The van der Waals surface area contributed by atoms with E-state index in [1.807, 2.05) is 0 Å². The lowest BCUT2D eigenvalue weighted by atomic mass is 9.88. The van der Waals surface area contributed by atoms with E-state index in [1.54, 1.807) is 0 Å². The van der Waals surface area contributed by atoms with Gasteiger partial charge in [0.1, 0.15) is 0 Å². The summed E-state index contributed by atoms with van der Waals surface area (Å²) in [5.41, 5.74) is 0. The van der Waals surface area contributed by atoms with E-state index in [0.717, 1.165) is 25.9 Å². The molecule has 1 saturated carbocycles. The Morgan fingerprint density at radius 1 is 1.21 bits per heavy atom. The number of carbonyl (C=O) groups is 1. The molecule has 0 radical (unpaired) electrons. The summed E-state index contributed by atoms with van der Waals surface area (Å²) < 4.78 is 5.91. The van der Waals surface area contributed by atoms with Crippen LogP contribution in [-0.2, 0) is 9.53 Å². The Morgan fingerprint density at radius 3 is 2.68 bits per heavy atom. The van der Waals surface area contributed by atoms with Crippen molar-refractivity contribution >= 4 is 5.91 Å². The van der Waals surface area contributed by atoms with Crippen LogP contribution in [0.3, 0.4) is 0 Å². The van der Waals surface area contributed by atoms with E-state index in [-0.39, 0.29) is 11.8 Å². The molecule has 1 saturated heterocycles. The summed E-state index contributed by atoms with van der Waals surface area (Å²) in [6, 6.07) is 0. The number of piperidine rings is 1. The summed E-state index contributed by atoms with van der Waals surface area (Å²) in [4.78, 5) is 11.9. The third kappa shape index (κ3) is 4.77. The van der Waals surface area contributed by atoms with Crippen LogP contribution in [0.15, 0.2) is 0 Å². The summed E-state index contributed by atoms with van der Waals surface area (Å²) in [5.74, 6) is 1.09. The van der Waals surface area contributed by atoms with Crippen LogP contribution in [0.2, 0.25) is 0 Å². The van der Waals surface area contributed by atoms with Gasteiger partial charge >= 0.3 is 0 Å². The molecule has 0 bridgehead atoms. The van der Waals surface area contributed by atoms with Crippen molar-refractivity contribution in [3.63, 3.8) is 0 Å². The zero-order valence-electron chi connectivity index (χ0n) is 12.1. The lowest BCUT2D eigenvalue weighted by Crippen LogP contribution is -2.39. The predicted octanol–water partition coefficient (Wildman–Crippen LogP) is 1.70. The fraction of sp³-hybridized carbons (Fsp3) is 0.933. The second-order valence-corrected chi connectivity index (χ2v) is 5.99. The average Bonchev–Trinajstić information content (AvgIpc) is 2.46. The van der Waals surface area contributed by atoms with Gasteiger partial charge in [-0.05, 0) is 44.7 Å². The highest BCUT2D eigenvalue weighted by molar-refractivity contribution is 5.78. The Hall–Kier alpha value is -0.610. The minimum absolute atomic E-state index is 0.204. The lowest BCUT2D eigenvalue weighted by Gasteiger charge is -2.29. The Labute approximate surface area is 116 Å². The minimum atomic E-state index is 0.204. The van der Waals surface area contributed by atoms with Gasteiger partial charge in [0.05, 0.1) is 12.7 Å². The minimum Gasteiger partial charge on any atom is -0.376 e. The number of hydrogen-bond acceptors (Lipinski definition) is 3. The Morgan fingerprint density at radius 2 is 1.95 bits per heavy atom. The highest BCUT2D eigenvalue weighted by Crippen LogP contribution is 2.25. The van der Waals surface area contributed by atoms with Gasteiger partial charge in [-0.15, -0.1) is 0 Å². The molecule has 1 amide bonds. The number of ether oxygens (including phenoxy) is 1. The first-order chi connectivity index (χ1) is 9.27. The molecule has 1 heterocycles. The highest BCUT2D eigenvalue weighted by Gasteiger charge is 2.22. The van der Waals surface area contributed by atoms with Gasteiger partial charge in [-0.2, -0.15) is 0 Å². The van der Waals surface area contributed by atoms with Gasteiger partial charge < -0.3 is 15.4 Å². The molecule has 1 aliphatic heterocycles. The van der Waals surface area contributed by atoms with E-state index < -0.39 is 0 Å². The van der Waals surface area contributed by atoms with E-state index in [0.29, 0.717) is 25.2 Å². The molecule has 2 N–H and O–H groups in total. The van der Waals surface area contributed by atoms with E-state index in [1.165, 1.54) is 25.7 Å². The van der Waals surface area contributed by atoms with E-state index >= 15 is 0 Å². The Kier molecular flexibility index (Phi) is 6.11. The summed E-state index contributed by atoms with van der Waals surface area (Å²) in [6.45, 7) is 5.53. The maximum Gasteiger partial charge on any atom is 0.223 e. The molecule has 0 aromatic carbocycles. The van der Waals surface area contributed by atoms with Crippen LogP contribution >= 0.6 is 0 Å². The second-order valence-electron chi connectivity index (χ2n) is 5.99. The Balaban J connectivity index is 1.56. The van der Waals surface area contributed by atoms with Gasteiger partial charge in [0.2, 0.25) is 5.91 Å². The number of nitrogens with one attached hydrogen (secondary N) is 2. The third-order valence-corrected chi connectivity index (χ3v) is 4.48. The monoisotopic (exact) mass is 268 g/mol. The molecule has 1 aliphatic carbocycles. The summed E-state index contributed by atoms with van der Waals surface area (Å²) >= 11 is 0. The largest absolute Gasteiger partial charge is 0.376 e. The highest BCUT2D eigenvalue weighted by atomic mass is 16.5. The first-order valence-electron chi connectivity index (χ1n) is 7.87. The normalized spacial score (nSPS) is 29.1. The van der Waals surface area contributed by atoms with Crippen molar-refractivity contribution in [2.75, 3.05) is 26.2 Å². The fourth-order valence-electron chi connectivity index (χ4n) is 3.14. The van der Waals surface area contributed by atoms with Crippen molar-refractivity contribution in [2.45, 2.75) is 51.6 Å². The van der Waals surface area contributed by atoms with E-state index in [4.69, 9.17) is 4.74 Å². The molecule has 2 unspecified atom stereocenters. The van der Waals surface area contributed by atoms with Crippen LogP contribution in [0.25, 0.3) is 0 Å². The van der Waals surface area contributed by atoms with Crippen molar-refractivity contribution in [1.29, 1.82) is 0 Å². The molecule has 4 heteroatoms. The first kappa shape index (κ1) is 14.8. The van der Waals surface area contributed by atoms with Crippen molar-refractivity contribution in [1.82, 2.24) is 10.6 Å². The lowest BCUT2D eigenvalue weighted by molar-refractivity contribution is -0.126. The fourth-order valence-corrected chi connectivity index (χ4v) is 3.14. The van der Waals surface area contributed by atoms with Crippen LogP contribution in [0.1, 0.15) is 45.4 Å². The SMILES string of the molecule is CC1CCCCC1OCCNC(=O)C1CCNCC1. The van der Waals surface area contributed by atoms with Crippen LogP contribution < -0.4 is 10.6 Å². The Bertz CT molecular complexity index is 277. The van der Waals surface area contributed by atoms with Crippen LogP contribution in [-0.4, -0.2) is 38.3 Å². The molecule has 2 rings (SSSR count). The zero-order chi connectivity index (χ0) is 13.5. The predicted molar refractivity (Wildman–Crippen MR) is 76.0 cm³/mol. The second kappa shape index (κ2) is 7.85. The molecule has 110 valence electrons. The molecule has 0 spiro atoms. The number of hydrogen-bond donors (Lipinski definition) is 2. The number of carbonyl (C=O) groups excluding carboxylic acids is 1. The average molecular weight is 268 g/mol. The van der Waals surface area contributed by atoms with Crippen LogP contribution in [0.5, 0.6) is 0 Å². The number of rotatable bonds is 5. The molecule has 2 atom stereocenters. The first-order valence-corrected chi connectivity index (χ1v) is 7.87. The molecule has 4 nitrogen and oxygen atoms in total. The maximum atomic E-state index is 11.9. The molecular weight excluding hydrogens is 240 g/mol. The summed E-state index contributed by atoms with van der Waals surface area (Å²) in [7, 11) is 0. The molecule has 19 heavy (non-hydrogen) atoms. The zero-order valence-corrected chi connectivity index (χ0v) is 12.1. The topological polar surface area (TPSA) is 50.4 Å². The van der Waals surface area contributed by atoms with Crippen molar-refractivity contribution in [2.24, 2.45) is 11.8 Å². The van der Waals surface area contributed by atoms with E-state index in [2.05, 4.69) is 17.6 Å².